The Kier molecular flexibility index (Phi) is 3.36. The minimum absolute atomic E-state index is 0.109. The van der Waals surface area contributed by atoms with Gasteiger partial charge in [-0.25, -0.2) is 0 Å². The highest BCUT2D eigenvalue weighted by Crippen LogP contribution is 2.37. The largest absolute Gasteiger partial charge is 0.330 e. The summed E-state index contributed by atoms with van der Waals surface area (Å²) in [5.41, 5.74) is 18.6. The summed E-state index contributed by atoms with van der Waals surface area (Å²) in [4.78, 5) is 0. The molecule has 2 aromatic rings. The van der Waals surface area contributed by atoms with E-state index in [1.807, 2.05) is 0 Å². The van der Waals surface area contributed by atoms with Crippen molar-refractivity contribution < 1.29 is 0 Å². The fraction of sp³-hybridized carbons (Fsp3) is 0.294. The molecule has 0 saturated heterocycles. The van der Waals surface area contributed by atoms with Crippen LogP contribution in [0.4, 0.5) is 0 Å². The Labute approximate surface area is 114 Å². The standard InChI is InChI=1S/C17H20N2/c18-9-3-6-17(19)13-7-8-16-14(11-13)10-12-4-1-2-5-15(12)16/h1-2,4-5,7-8,11,17H,3,6,9-10,18-19H2/t17-/m0/s1. The van der Waals surface area contributed by atoms with Crippen molar-refractivity contribution in [2.75, 3.05) is 6.54 Å². The van der Waals surface area contributed by atoms with Crippen molar-refractivity contribution in [3.63, 3.8) is 0 Å². The van der Waals surface area contributed by atoms with Gasteiger partial charge in [-0.05, 0) is 53.6 Å². The summed E-state index contributed by atoms with van der Waals surface area (Å²) in [5, 5.41) is 0. The molecule has 2 heteroatoms. The van der Waals surface area contributed by atoms with E-state index in [-0.39, 0.29) is 6.04 Å². The van der Waals surface area contributed by atoms with Crippen LogP contribution in [0, 0.1) is 0 Å². The van der Waals surface area contributed by atoms with E-state index < -0.39 is 0 Å². The number of hydrogen-bond acceptors (Lipinski definition) is 2. The minimum atomic E-state index is 0.109. The Bertz CT molecular complexity index is 590. The highest BCUT2D eigenvalue weighted by molar-refractivity contribution is 5.76. The molecule has 0 saturated carbocycles. The Morgan fingerprint density at radius 2 is 1.79 bits per heavy atom. The second-order valence-corrected chi connectivity index (χ2v) is 5.29. The molecule has 1 aliphatic carbocycles. The maximum Gasteiger partial charge on any atom is 0.0295 e. The molecule has 1 atom stereocenters. The summed E-state index contributed by atoms with van der Waals surface area (Å²) >= 11 is 0. The van der Waals surface area contributed by atoms with Crippen LogP contribution in [0.1, 0.15) is 35.6 Å². The lowest BCUT2D eigenvalue weighted by atomic mass is 9.97. The Morgan fingerprint density at radius 3 is 2.63 bits per heavy atom. The van der Waals surface area contributed by atoms with Gasteiger partial charge in [-0.15, -0.1) is 0 Å². The number of fused-ring (bicyclic) bond motifs is 3. The molecule has 0 radical (unpaired) electrons. The Balaban J connectivity index is 1.89. The van der Waals surface area contributed by atoms with Crippen LogP contribution < -0.4 is 11.5 Å². The molecule has 1 aliphatic rings. The SMILES string of the molecule is NCCC[C@H](N)c1ccc2c(c1)Cc1ccccc1-2. The zero-order valence-corrected chi connectivity index (χ0v) is 11.1. The van der Waals surface area contributed by atoms with E-state index in [9.17, 15) is 0 Å². The number of nitrogens with two attached hydrogens (primary N) is 2. The van der Waals surface area contributed by atoms with E-state index in [0.29, 0.717) is 6.54 Å². The van der Waals surface area contributed by atoms with Crippen LogP contribution in [0.15, 0.2) is 42.5 Å². The summed E-state index contributed by atoms with van der Waals surface area (Å²) in [6, 6.07) is 15.4. The maximum atomic E-state index is 6.22. The summed E-state index contributed by atoms with van der Waals surface area (Å²) in [6.07, 6.45) is 2.98. The Morgan fingerprint density at radius 1 is 1.00 bits per heavy atom. The normalized spacial score (nSPS) is 14.0. The molecule has 3 rings (SSSR count). The topological polar surface area (TPSA) is 52.0 Å². The molecule has 0 fully saturated rings. The Hall–Kier alpha value is -1.64. The fourth-order valence-corrected chi connectivity index (χ4v) is 2.90. The monoisotopic (exact) mass is 252 g/mol. The van der Waals surface area contributed by atoms with Gasteiger partial charge in [-0.3, -0.25) is 0 Å². The van der Waals surface area contributed by atoms with Gasteiger partial charge >= 0.3 is 0 Å². The summed E-state index contributed by atoms with van der Waals surface area (Å²) in [5.74, 6) is 0. The highest BCUT2D eigenvalue weighted by atomic mass is 14.6. The lowest BCUT2D eigenvalue weighted by Crippen LogP contribution is -2.12. The van der Waals surface area contributed by atoms with Gasteiger partial charge in [0.05, 0.1) is 0 Å². The van der Waals surface area contributed by atoms with Crippen LogP contribution in [0.3, 0.4) is 0 Å². The van der Waals surface area contributed by atoms with Gasteiger partial charge in [0.15, 0.2) is 0 Å². The molecule has 2 aromatic carbocycles. The van der Waals surface area contributed by atoms with Crippen molar-refractivity contribution in [2.24, 2.45) is 11.5 Å². The molecule has 0 unspecified atom stereocenters. The van der Waals surface area contributed by atoms with Gasteiger partial charge in [0.2, 0.25) is 0 Å². The van der Waals surface area contributed by atoms with Crippen molar-refractivity contribution in [1.82, 2.24) is 0 Å². The van der Waals surface area contributed by atoms with E-state index in [4.69, 9.17) is 11.5 Å². The van der Waals surface area contributed by atoms with Gasteiger partial charge in [-0.1, -0.05) is 42.5 Å². The lowest BCUT2D eigenvalue weighted by molar-refractivity contribution is 0.617. The first-order valence-corrected chi connectivity index (χ1v) is 6.96. The van der Waals surface area contributed by atoms with E-state index in [2.05, 4.69) is 42.5 Å². The third kappa shape index (κ3) is 2.29. The van der Waals surface area contributed by atoms with Gasteiger partial charge in [0.25, 0.3) is 0 Å². The van der Waals surface area contributed by atoms with Gasteiger partial charge in [0.1, 0.15) is 0 Å². The van der Waals surface area contributed by atoms with Crippen LogP contribution in [0.5, 0.6) is 0 Å². The summed E-state index contributed by atoms with van der Waals surface area (Å²) in [6.45, 7) is 0.712. The molecule has 19 heavy (non-hydrogen) atoms. The highest BCUT2D eigenvalue weighted by Gasteiger charge is 2.18. The van der Waals surface area contributed by atoms with Crippen molar-refractivity contribution in [3.8, 4) is 11.1 Å². The summed E-state index contributed by atoms with van der Waals surface area (Å²) in [7, 11) is 0. The van der Waals surface area contributed by atoms with Crippen LogP contribution in [0.25, 0.3) is 11.1 Å². The van der Waals surface area contributed by atoms with Crippen LogP contribution in [0.2, 0.25) is 0 Å². The van der Waals surface area contributed by atoms with Gasteiger partial charge in [0, 0.05) is 6.04 Å². The molecular formula is C17H20N2. The lowest BCUT2D eigenvalue weighted by Gasteiger charge is -2.13. The number of hydrogen-bond donors (Lipinski definition) is 2. The van der Waals surface area contributed by atoms with E-state index >= 15 is 0 Å². The zero-order valence-electron chi connectivity index (χ0n) is 11.1. The number of rotatable bonds is 4. The molecule has 0 aliphatic heterocycles. The third-order valence-corrected chi connectivity index (χ3v) is 3.97. The summed E-state index contributed by atoms with van der Waals surface area (Å²) < 4.78 is 0. The molecular weight excluding hydrogens is 232 g/mol. The smallest absolute Gasteiger partial charge is 0.0295 e. The first kappa shape index (κ1) is 12.4. The molecule has 0 spiro atoms. The predicted octanol–water partition coefficient (Wildman–Crippen LogP) is 3.00. The number of benzene rings is 2. The molecule has 0 heterocycles. The van der Waals surface area contributed by atoms with Crippen molar-refractivity contribution in [3.05, 3.63) is 59.2 Å². The zero-order chi connectivity index (χ0) is 13.2. The molecule has 2 nitrogen and oxygen atoms in total. The molecule has 4 N–H and O–H groups in total. The second-order valence-electron chi connectivity index (χ2n) is 5.29. The van der Waals surface area contributed by atoms with Crippen molar-refractivity contribution in [1.29, 1.82) is 0 Å². The molecule has 0 aromatic heterocycles. The van der Waals surface area contributed by atoms with Gasteiger partial charge in [-0.2, -0.15) is 0 Å². The van der Waals surface area contributed by atoms with Crippen molar-refractivity contribution in [2.45, 2.75) is 25.3 Å². The first-order valence-electron chi connectivity index (χ1n) is 6.96. The average Bonchev–Trinajstić information content (AvgIpc) is 2.82. The van der Waals surface area contributed by atoms with Crippen LogP contribution >= 0.6 is 0 Å². The van der Waals surface area contributed by atoms with E-state index in [1.165, 1.54) is 27.8 Å². The maximum absolute atomic E-state index is 6.22. The fourth-order valence-electron chi connectivity index (χ4n) is 2.90. The quantitative estimate of drug-likeness (QED) is 0.750. The molecule has 0 bridgehead atoms. The van der Waals surface area contributed by atoms with Gasteiger partial charge < -0.3 is 11.5 Å². The van der Waals surface area contributed by atoms with E-state index in [1.54, 1.807) is 0 Å². The molecule has 98 valence electrons. The average molecular weight is 252 g/mol. The predicted molar refractivity (Wildman–Crippen MR) is 79.9 cm³/mol. The minimum Gasteiger partial charge on any atom is -0.330 e. The first-order chi connectivity index (χ1) is 9.29. The van der Waals surface area contributed by atoms with E-state index in [0.717, 1.165) is 19.3 Å². The molecule has 0 amide bonds. The second kappa shape index (κ2) is 5.16. The third-order valence-electron chi connectivity index (χ3n) is 3.97. The van der Waals surface area contributed by atoms with Crippen molar-refractivity contribution >= 4 is 0 Å². The van der Waals surface area contributed by atoms with Crippen LogP contribution in [-0.4, -0.2) is 6.54 Å². The van der Waals surface area contributed by atoms with Crippen LogP contribution in [-0.2, 0) is 6.42 Å².